The highest BCUT2D eigenvalue weighted by atomic mass is 127. The number of guanidine groups is 1. The second kappa shape index (κ2) is 9.79. The Morgan fingerprint density at radius 2 is 2.05 bits per heavy atom. The number of halogens is 1. The molecule has 0 saturated carbocycles. The standard InChI is InChI=1S/C14H22N4O.HI/c15-14(18-9-3-1-2-4-10-18)17-8-11-19-13-6-5-7-16-12-13;/h5-7,12H,1-4,8-11H2,(H2,15,17);1H. The summed E-state index contributed by atoms with van der Waals surface area (Å²) >= 11 is 0. The molecule has 0 atom stereocenters. The monoisotopic (exact) mass is 390 g/mol. The third-order valence-corrected chi connectivity index (χ3v) is 3.20. The molecule has 2 N–H and O–H groups in total. The van der Waals surface area contributed by atoms with Gasteiger partial charge in [-0.15, -0.1) is 24.0 Å². The number of ether oxygens (including phenoxy) is 1. The molecule has 1 aliphatic rings. The molecule has 0 unspecified atom stereocenters. The van der Waals surface area contributed by atoms with E-state index in [9.17, 15) is 0 Å². The van der Waals surface area contributed by atoms with E-state index in [-0.39, 0.29) is 24.0 Å². The first-order valence-electron chi connectivity index (χ1n) is 6.94. The van der Waals surface area contributed by atoms with Crippen molar-refractivity contribution in [3.05, 3.63) is 24.5 Å². The maximum Gasteiger partial charge on any atom is 0.191 e. The molecule has 0 aromatic carbocycles. The Labute approximate surface area is 137 Å². The molecule has 1 fully saturated rings. The van der Waals surface area contributed by atoms with Crippen molar-refractivity contribution in [1.82, 2.24) is 9.88 Å². The van der Waals surface area contributed by atoms with E-state index in [1.54, 1.807) is 12.4 Å². The van der Waals surface area contributed by atoms with E-state index in [0.29, 0.717) is 19.1 Å². The molecule has 0 aliphatic carbocycles. The number of hydrogen-bond acceptors (Lipinski definition) is 3. The summed E-state index contributed by atoms with van der Waals surface area (Å²) < 4.78 is 5.52. The molecule has 112 valence electrons. The lowest BCUT2D eigenvalue weighted by Crippen LogP contribution is -2.38. The zero-order chi connectivity index (χ0) is 13.3. The van der Waals surface area contributed by atoms with Crippen LogP contribution in [0.3, 0.4) is 0 Å². The number of hydrogen-bond donors (Lipinski definition) is 1. The number of aromatic nitrogens is 1. The van der Waals surface area contributed by atoms with Gasteiger partial charge in [0.05, 0.1) is 12.7 Å². The second-order valence-electron chi connectivity index (χ2n) is 4.68. The van der Waals surface area contributed by atoms with E-state index in [4.69, 9.17) is 10.5 Å². The van der Waals surface area contributed by atoms with Crippen molar-refractivity contribution in [2.24, 2.45) is 10.7 Å². The lowest BCUT2D eigenvalue weighted by atomic mass is 10.2. The number of nitrogens with zero attached hydrogens (tertiary/aromatic N) is 3. The molecule has 1 aromatic heterocycles. The van der Waals surface area contributed by atoms with Crippen molar-refractivity contribution in [2.75, 3.05) is 26.2 Å². The van der Waals surface area contributed by atoms with Gasteiger partial charge in [0.1, 0.15) is 12.4 Å². The van der Waals surface area contributed by atoms with E-state index >= 15 is 0 Å². The predicted molar refractivity (Wildman–Crippen MR) is 91.7 cm³/mol. The maximum atomic E-state index is 6.01. The molecule has 0 bridgehead atoms. The molecular formula is C14H23IN4O. The van der Waals surface area contributed by atoms with Crippen LogP contribution in [0.2, 0.25) is 0 Å². The third-order valence-electron chi connectivity index (χ3n) is 3.20. The van der Waals surface area contributed by atoms with E-state index in [2.05, 4.69) is 14.9 Å². The Hall–Kier alpha value is -1.05. The van der Waals surface area contributed by atoms with Crippen molar-refractivity contribution in [2.45, 2.75) is 25.7 Å². The first kappa shape index (κ1) is 17.0. The number of likely N-dealkylation sites (tertiary alicyclic amines) is 1. The van der Waals surface area contributed by atoms with Crippen LogP contribution in [0, 0.1) is 0 Å². The summed E-state index contributed by atoms with van der Waals surface area (Å²) in [6, 6.07) is 3.74. The van der Waals surface area contributed by atoms with Crippen LogP contribution < -0.4 is 10.5 Å². The molecule has 6 heteroatoms. The number of aliphatic imine (C=N–C) groups is 1. The van der Waals surface area contributed by atoms with Crippen LogP contribution in [-0.2, 0) is 0 Å². The summed E-state index contributed by atoms with van der Waals surface area (Å²) in [5, 5.41) is 0. The highest BCUT2D eigenvalue weighted by molar-refractivity contribution is 14.0. The number of pyridine rings is 1. The fourth-order valence-corrected chi connectivity index (χ4v) is 2.16. The molecule has 20 heavy (non-hydrogen) atoms. The first-order chi connectivity index (χ1) is 9.36. The van der Waals surface area contributed by atoms with Crippen LogP contribution in [0.5, 0.6) is 5.75 Å². The third kappa shape index (κ3) is 5.94. The van der Waals surface area contributed by atoms with Crippen molar-refractivity contribution in [1.29, 1.82) is 0 Å². The zero-order valence-electron chi connectivity index (χ0n) is 11.7. The highest BCUT2D eigenvalue weighted by Crippen LogP contribution is 2.09. The number of rotatable bonds is 4. The van der Waals surface area contributed by atoms with Gasteiger partial charge in [-0.1, -0.05) is 12.8 Å². The fraction of sp³-hybridized carbons (Fsp3) is 0.571. The highest BCUT2D eigenvalue weighted by Gasteiger charge is 2.10. The first-order valence-corrected chi connectivity index (χ1v) is 6.94. The van der Waals surface area contributed by atoms with E-state index in [1.807, 2.05) is 12.1 Å². The topological polar surface area (TPSA) is 63.7 Å². The minimum Gasteiger partial charge on any atom is -0.490 e. The van der Waals surface area contributed by atoms with Gasteiger partial charge < -0.3 is 15.4 Å². The Morgan fingerprint density at radius 3 is 2.70 bits per heavy atom. The largest absolute Gasteiger partial charge is 0.490 e. The molecule has 1 aromatic rings. The Kier molecular flexibility index (Phi) is 8.32. The summed E-state index contributed by atoms with van der Waals surface area (Å²) in [6.07, 6.45) is 8.44. The van der Waals surface area contributed by atoms with Gasteiger partial charge in [0.25, 0.3) is 0 Å². The maximum absolute atomic E-state index is 6.01. The SMILES string of the molecule is I.NC(=NCCOc1cccnc1)N1CCCCCC1. The molecule has 5 nitrogen and oxygen atoms in total. The quantitative estimate of drug-likeness (QED) is 0.371. The van der Waals surface area contributed by atoms with Gasteiger partial charge >= 0.3 is 0 Å². The minimum absolute atomic E-state index is 0. The van der Waals surface area contributed by atoms with Crippen molar-refractivity contribution in [3.63, 3.8) is 0 Å². The molecule has 0 radical (unpaired) electrons. The van der Waals surface area contributed by atoms with Gasteiger partial charge in [0.2, 0.25) is 0 Å². The van der Waals surface area contributed by atoms with Crippen LogP contribution in [0.1, 0.15) is 25.7 Å². The summed E-state index contributed by atoms with van der Waals surface area (Å²) in [7, 11) is 0. The summed E-state index contributed by atoms with van der Waals surface area (Å²) in [4.78, 5) is 10.5. The van der Waals surface area contributed by atoms with Gasteiger partial charge in [-0.3, -0.25) is 4.98 Å². The van der Waals surface area contributed by atoms with Gasteiger partial charge in [-0.25, -0.2) is 4.99 Å². The number of nitrogens with two attached hydrogens (primary N) is 1. The van der Waals surface area contributed by atoms with Crippen LogP contribution >= 0.6 is 24.0 Å². The van der Waals surface area contributed by atoms with Crippen molar-refractivity contribution < 1.29 is 4.74 Å². The van der Waals surface area contributed by atoms with Crippen molar-refractivity contribution in [3.8, 4) is 5.75 Å². The smallest absolute Gasteiger partial charge is 0.191 e. The fourth-order valence-electron chi connectivity index (χ4n) is 2.16. The van der Waals surface area contributed by atoms with Gasteiger partial charge in [0, 0.05) is 19.3 Å². The van der Waals surface area contributed by atoms with Crippen LogP contribution in [0.15, 0.2) is 29.5 Å². The molecule has 1 saturated heterocycles. The Morgan fingerprint density at radius 1 is 1.30 bits per heavy atom. The average molecular weight is 390 g/mol. The average Bonchev–Trinajstić information content (AvgIpc) is 2.73. The summed E-state index contributed by atoms with van der Waals surface area (Å²) in [5.41, 5.74) is 6.01. The normalized spacial score (nSPS) is 16.2. The van der Waals surface area contributed by atoms with Crippen LogP contribution in [-0.4, -0.2) is 42.1 Å². The zero-order valence-corrected chi connectivity index (χ0v) is 14.0. The molecule has 2 heterocycles. The minimum atomic E-state index is 0. The van der Waals surface area contributed by atoms with E-state index in [0.717, 1.165) is 18.8 Å². The molecule has 0 spiro atoms. The Bertz CT molecular complexity index is 391. The summed E-state index contributed by atoms with van der Waals surface area (Å²) in [6.45, 7) is 3.16. The molecule has 2 rings (SSSR count). The lowest BCUT2D eigenvalue weighted by molar-refractivity contribution is 0.326. The molecule has 0 amide bonds. The van der Waals surface area contributed by atoms with Gasteiger partial charge in [-0.05, 0) is 25.0 Å². The predicted octanol–water partition coefficient (Wildman–Crippen LogP) is 2.27. The van der Waals surface area contributed by atoms with Gasteiger partial charge in [0.15, 0.2) is 5.96 Å². The lowest BCUT2D eigenvalue weighted by Gasteiger charge is -2.21. The van der Waals surface area contributed by atoms with Crippen molar-refractivity contribution >= 4 is 29.9 Å². The van der Waals surface area contributed by atoms with E-state index < -0.39 is 0 Å². The van der Waals surface area contributed by atoms with Gasteiger partial charge in [-0.2, -0.15) is 0 Å². The van der Waals surface area contributed by atoms with Crippen LogP contribution in [0.25, 0.3) is 0 Å². The van der Waals surface area contributed by atoms with E-state index in [1.165, 1.54) is 25.7 Å². The summed E-state index contributed by atoms with van der Waals surface area (Å²) in [5.74, 6) is 1.42. The molecule has 1 aliphatic heterocycles. The van der Waals surface area contributed by atoms with Crippen LogP contribution in [0.4, 0.5) is 0 Å². The second-order valence-corrected chi connectivity index (χ2v) is 4.68. The Balaban J connectivity index is 0.00000200. The molecular weight excluding hydrogens is 367 g/mol.